The number of hydrogen-bond acceptors (Lipinski definition) is 5. The van der Waals surface area contributed by atoms with E-state index in [-0.39, 0.29) is 5.91 Å². The molecule has 30 heavy (non-hydrogen) atoms. The summed E-state index contributed by atoms with van der Waals surface area (Å²) in [5.74, 6) is -0.0462. The summed E-state index contributed by atoms with van der Waals surface area (Å²) in [5.41, 5.74) is 0.764. The fraction of sp³-hybridized carbons (Fsp3) is 0.364. The number of piperazine rings is 1. The second-order valence-corrected chi connectivity index (χ2v) is 10.5. The highest BCUT2D eigenvalue weighted by atomic mass is 32.2. The molecule has 0 aliphatic carbocycles. The fourth-order valence-electron chi connectivity index (χ4n) is 3.72. The third-order valence-electron chi connectivity index (χ3n) is 5.38. The van der Waals surface area contributed by atoms with Crippen LogP contribution in [0.4, 0.5) is 0 Å². The summed E-state index contributed by atoms with van der Waals surface area (Å²) in [5, 5.41) is 2.89. The smallest absolute Gasteiger partial charge is 0.265 e. The van der Waals surface area contributed by atoms with E-state index in [9.17, 15) is 13.2 Å². The SMILES string of the molecule is CCCc1nc(C)c(C(=O)N2CCN(S(=O)(=O)c3ccc4ccccc4c3)CC2)s1. The monoisotopic (exact) mass is 443 g/mol. The Hall–Kier alpha value is -2.29. The molecular formula is C22H25N3O3S2. The van der Waals surface area contributed by atoms with Gasteiger partial charge in [0.15, 0.2) is 0 Å². The number of nitrogens with zero attached hydrogens (tertiary/aromatic N) is 3. The maximum atomic E-state index is 13.1. The average Bonchev–Trinajstić information content (AvgIpc) is 3.13. The van der Waals surface area contributed by atoms with Gasteiger partial charge in [0, 0.05) is 26.2 Å². The van der Waals surface area contributed by atoms with Gasteiger partial charge in [-0.1, -0.05) is 37.3 Å². The van der Waals surface area contributed by atoms with Gasteiger partial charge in [0.05, 0.1) is 15.6 Å². The lowest BCUT2D eigenvalue weighted by Crippen LogP contribution is -2.50. The Balaban J connectivity index is 1.47. The second-order valence-electron chi connectivity index (χ2n) is 7.48. The molecule has 0 spiro atoms. The van der Waals surface area contributed by atoms with Crippen molar-refractivity contribution < 1.29 is 13.2 Å². The molecule has 6 nitrogen and oxygen atoms in total. The van der Waals surface area contributed by atoms with Crippen LogP contribution in [0.3, 0.4) is 0 Å². The number of carbonyl (C=O) groups excluding carboxylic acids is 1. The van der Waals surface area contributed by atoms with Gasteiger partial charge >= 0.3 is 0 Å². The van der Waals surface area contributed by atoms with Gasteiger partial charge in [0.1, 0.15) is 4.88 Å². The largest absolute Gasteiger partial charge is 0.335 e. The molecule has 1 aliphatic rings. The number of thiazole rings is 1. The lowest BCUT2D eigenvalue weighted by molar-refractivity contribution is 0.0702. The number of amides is 1. The van der Waals surface area contributed by atoms with Crippen molar-refractivity contribution in [3.8, 4) is 0 Å². The van der Waals surface area contributed by atoms with Crippen LogP contribution in [0.5, 0.6) is 0 Å². The van der Waals surface area contributed by atoms with Crippen molar-refractivity contribution in [1.82, 2.24) is 14.2 Å². The molecular weight excluding hydrogens is 418 g/mol. The first-order valence-electron chi connectivity index (χ1n) is 10.1. The van der Waals surface area contributed by atoms with Crippen LogP contribution in [0, 0.1) is 6.92 Å². The predicted octanol–water partition coefficient (Wildman–Crippen LogP) is 3.70. The van der Waals surface area contributed by atoms with E-state index in [4.69, 9.17) is 0 Å². The quantitative estimate of drug-likeness (QED) is 0.603. The van der Waals surface area contributed by atoms with Crippen molar-refractivity contribution in [2.75, 3.05) is 26.2 Å². The summed E-state index contributed by atoms with van der Waals surface area (Å²) in [6, 6.07) is 12.9. The van der Waals surface area contributed by atoms with E-state index in [0.29, 0.717) is 36.0 Å². The van der Waals surface area contributed by atoms with Crippen LogP contribution in [-0.2, 0) is 16.4 Å². The molecule has 2 aromatic carbocycles. The lowest BCUT2D eigenvalue weighted by Gasteiger charge is -2.33. The highest BCUT2D eigenvalue weighted by Crippen LogP contribution is 2.25. The molecule has 158 valence electrons. The number of aromatic nitrogens is 1. The molecule has 1 aliphatic heterocycles. The maximum absolute atomic E-state index is 13.1. The highest BCUT2D eigenvalue weighted by molar-refractivity contribution is 7.89. The van der Waals surface area contributed by atoms with Gasteiger partial charge in [-0.15, -0.1) is 11.3 Å². The zero-order valence-corrected chi connectivity index (χ0v) is 18.8. The van der Waals surface area contributed by atoms with Gasteiger partial charge in [0.25, 0.3) is 5.91 Å². The van der Waals surface area contributed by atoms with Crippen LogP contribution in [0.1, 0.15) is 33.7 Å². The van der Waals surface area contributed by atoms with Gasteiger partial charge < -0.3 is 4.90 Å². The predicted molar refractivity (Wildman–Crippen MR) is 119 cm³/mol. The Labute approximate surface area is 181 Å². The van der Waals surface area contributed by atoms with Crippen molar-refractivity contribution in [2.45, 2.75) is 31.6 Å². The molecule has 1 aromatic heterocycles. The van der Waals surface area contributed by atoms with E-state index in [0.717, 1.165) is 34.3 Å². The fourth-order valence-corrected chi connectivity index (χ4v) is 6.32. The number of sulfonamides is 1. The molecule has 1 saturated heterocycles. The highest BCUT2D eigenvalue weighted by Gasteiger charge is 2.31. The minimum Gasteiger partial charge on any atom is -0.335 e. The summed E-state index contributed by atoms with van der Waals surface area (Å²) >= 11 is 1.46. The van der Waals surface area contributed by atoms with E-state index in [1.807, 2.05) is 37.3 Å². The minimum absolute atomic E-state index is 0.0462. The molecule has 0 atom stereocenters. The van der Waals surface area contributed by atoms with E-state index >= 15 is 0 Å². The van der Waals surface area contributed by atoms with Crippen LogP contribution in [0.15, 0.2) is 47.4 Å². The number of rotatable bonds is 5. The number of fused-ring (bicyclic) bond motifs is 1. The van der Waals surface area contributed by atoms with Crippen LogP contribution in [-0.4, -0.2) is 54.7 Å². The van der Waals surface area contributed by atoms with Gasteiger partial charge in [0.2, 0.25) is 10.0 Å². The number of aryl methyl sites for hydroxylation is 2. The summed E-state index contributed by atoms with van der Waals surface area (Å²) in [6.45, 7) is 5.30. The Morgan fingerprint density at radius 2 is 1.77 bits per heavy atom. The third kappa shape index (κ3) is 3.99. The average molecular weight is 444 g/mol. The van der Waals surface area contributed by atoms with Gasteiger partial charge in [-0.05, 0) is 42.7 Å². The maximum Gasteiger partial charge on any atom is 0.265 e. The van der Waals surface area contributed by atoms with Crippen molar-refractivity contribution in [3.05, 3.63) is 58.0 Å². The first kappa shape index (κ1) is 21.0. The third-order valence-corrected chi connectivity index (χ3v) is 8.48. The molecule has 0 radical (unpaired) electrons. The molecule has 2 heterocycles. The molecule has 4 rings (SSSR count). The van der Waals surface area contributed by atoms with Gasteiger partial charge in [-0.25, -0.2) is 13.4 Å². The molecule has 0 N–H and O–H groups in total. The molecule has 3 aromatic rings. The minimum atomic E-state index is -3.59. The molecule has 1 amide bonds. The Morgan fingerprint density at radius 1 is 1.07 bits per heavy atom. The van der Waals surface area contributed by atoms with Crippen molar-refractivity contribution in [2.24, 2.45) is 0 Å². The first-order valence-corrected chi connectivity index (χ1v) is 12.4. The standard InChI is InChI=1S/C22H25N3O3S2/c1-3-6-20-23-16(2)21(29-20)22(26)24-11-13-25(14-12-24)30(27,28)19-10-9-17-7-4-5-8-18(17)15-19/h4-5,7-10,15H,3,6,11-14H2,1-2H3. The van der Waals surface area contributed by atoms with Gasteiger partial charge in [-0.3, -0.25) is 4.79 Å². The zero-order chi connectivity index (χ0) is 21.3. The van der Waals surface area contributed by atoms with Crippen molar-refractivity contribution in [3.63, 3.8) is 0 Å². The molecule has 8 heteroatoms. The van der Waals surface area contributed by atoms with E-state index in [1.54, 1.807) is 17.0 Å². The van der Waals surface area contributed by atoms with E-state index in [2.05, 4.69) is 11.9 Å². The summed E-state index contributed by atoms with van der Waals surface area (Å²) < 4.78 is 27.7. The summed E-state index contributed by atoms with van der Waals surface area (Å²) in [7, 11) is -3.59. The molecule has 0 unspecified atom stereocenters. The first-order chi connectivity index (χ1) is 14.4. The topological polar surface area (TPSA) is 70.6 Å². The van der Waals surface area contributed by atoms with E-state index < -0.39 is 10.0 Å². The molecule has 1 fully saturated rings. The normalized spacial score (nSPS) is 15.6. The number of hydrogen-bond donors (Lipinski definition) is 0. The zero-order valence-electron chi connectivity index (χ0n) is 17.2. The Bertz CT molecular complexity index is 1180. The lowest BCUT2D eigenvalue weighted by atomic mass is 10.1. The second kappa shape index (κ2) is 8.45. The Morgan fingerprint density at radius 3 is 2.47 bits per heavy atom. The van der Waals surface area contributed by atoms with Crippen molar-refractivity contribution in [1.29, 1.82) is 0 Å². The molecule has 0 saturated carbocycles. The van der Waals surface area contributed by atoms with Crippen LogP contribution in [0.25, 0.3) is 10.8 Å². The van der Waals surface area contributed by atoms with Crippen LogP contribution < -0.4 is 0 Å². The number of carbonyl (C=O) groups is 1. The van der Waals surface area contributed by atoms with Crippen LogP contribution >= 0.6 is 11.3 Å². The van der Waals surface area contributed by atoms with Gasteiger partial charge in [-0.2, -0.15) is 4.31 Å². The summed E-state index contributed by atoms with van der Waals surface area (Å²) in [6.07, 6.45) is 1.86. The van der Waals surface area contributed by atoms with Crippen LogP contribution in [0.2, 0.25) is 0 Å². The van der Waals surface area contributed by atoms with Crippen molar-refractivity contribution >= 4 is 38.0 Å². The summed E-state index contributed by atoms with van der Waals surface area (Å²) in [4.78, 5) is 20.1. The Kier molecular flexibility index (Phi) is 5.90. The molecule has 0 bridgehead atoms. The van der Waals surface area contributed by atoms with E-state index in [1.165, 1.54) is 15.6 Å². The number of benzene rings is 2.